The molecule has 27 heavy (non-hydrogen) atoms. The van der Waals surface area contributed by atoms with Crippen molar-refractivity contribution in [3.63, 3.8) is 0 Å². The average molecular weight is 408 g/mol. The Labute approximate surface area is 167 Å². The van der Waals surface area contributed by atoms with Crippen molar-refractivity contribution in [3.8, 4) is 0 Å². The topological polar surface area (TPSA) is 93.5 Å². The van der Waals surface area contributed by atoms with Crippen LogP contribution in [0.1, 0.15) is 33.9 Å². The molecule has 2 aromatic rings. The molecular weight excluding hydrogens is 389 g/mol. The Balaban J connectivity index is 1.93. The van der Waals surface area contributed by atoms with Crippen LogP contribution in [0.2, 0.25) is 10.0 Å². The van der Waals surface area contributed by atoms with Gasteiger partial charge in [-0.15, -0.1) is 0 Å². The Morgan fingerprint density at radius 3 is 2.78 bits per heavy atom. The van der Waals surface area contributed by atoms with Gasteiger partial charge < -0.3 is 21.1 Å². The van der Waals surface area contributed by atoms with Gasteiger partial charge in [0, 0.05) is 39.8 Å². The maximum Gasteiger partial charge on any atom is 0.328 e. The second kappa shape index (κ2) is 8.17. The van der Waals surface area contributed by atoms with Gasteiger partial charge in [-0.25, -0.2) is 4.79 Å². The van der Waals surface area contributed by atoms with Crippen LogP contribution in [-0.2, 0) is 16.1 Å². The molecule has 0 spiro atoms. The zero-order valence-electron chi connectivity index (χ0n) is 14.6. The van der Waals surface area contributed by atoms with Crippen molar-refractivity contribution < 1.29 is 14.3 Å². The minimum atomic E-state index is -0.627. The third kappa shape index (κ3) is 4.18. The van der Waals surface area contributed by atoms with E-state index in [1.807, 2.05) is 6.07 Å². The first kappa shape index (κ1) is 19.5. The van der Waals surface area contributed by atoms with Crippen LogP contribution >= 0.6 is 23.2 Å². The Bertz CT molecular complexity index is 888. The van der Waals surface area contributed by atoms with Crippen molar-refractivity contribution in [2.75, 3.05) is 12.4 Å². The van der Waals surface area contributed by atoms with E-state index < -0.39 is 18.1 Å². The molecule has 0 aromatic heterocycles. The summed E-state index contributed by atoms with van der Waals surface area (Å²) in [5.41, 5.74) is 8.26. The summed E-state index contributed by atoms with van der Waals surface area (Å²) in [7, 11) is 1.32. The molecule has 3 rings (SSSR count). The van der Waals surface area contributed by atoms with E-state index in [1.54, 1.807) is 30.3 Å². The number of hydrogen-bond donors (Lipinski definition) is 3. The number of benzene rings is 2. The van der Waals surface area contributed by atoms with Gasteiger partial charge in [0.05, 0.1) is 13.2 Å². The number of anilines is 1. The summed E-state index contributed by atoms with van der Waals surface area (Å²) in [5.74, 6) is -0.709. The van der Waals surface area contributed by atoms with E-state index in [1.165, 1.54) is 7.11 Å². The number of halogens is 2. The number of ether oxygens (including phenoxy) is 1. The summed E-state index contributed by atoms with van der Waals surface area (Å²) in [6, 6.07) is 9.24. The highest BCUT2D eigenvalue weighted by Crippen LogP contribution is 2.40. The molecule has 2 aromatic carbocycles. The molecule has 0 radical (unpaired) electrons. The normalized spacial score (nSPS) is 18.2. The van der Waals surface area contributed by atoms with Crippen molar-refractivity contribution >= 4 is 40.8 Å². The molecule has 0 saturated carbocycles. The number of amides is 1. The molecule has 8 heteroatoms. The molecule has 1 amide bonds. The number of methoxy groups -OCH3 is 1. The fraction of sp³-hybridized carbons (Fsp3) is 0.263. The summed E-state index contributed by atoms with van der Waals surface area (Å²) in [4.78, 5) is 24.8. The van der Waals surface area contributed by atoms with Crippen LogP contribution in [0.25, 0.3) is 0 Å². The standard InChI is InChI=1S/C19H19Cl2N3O3/c1-27-19(26)16-8-15(17-13(21)6-12(20)7-14(17)23-16)24-18(25)11-4-2-3-10(5-11)9-22/h2-7,15-16,23H,8-9,22H2,1H3,(H,24,25). The van der Waals surface area contributed by atoms with E-state index in [-0.39, 0.29) is 5.91 Å². The molecule has 6 nitrogen and oxygen atoms in total. The number of nitrogens with one attached hydrogen (secondary N) is 2. The van der Waals surface area contributed by atoms with E-state index in [9.17, 15) is 9.59 Å². The molecule has 0 aliphatic carbocycles. The third-order valence-electron chi connectivity index (χ3n) is 4.46. The molecule has 0 fully saturated rings. The van der Waals surface area contributed by atoms with Crippen LogP contribution in [0.4, 0.5) is 5.69 Å². The fourth-order valence-corrected chi connectivity index (χ4v) is 3.79. The number of hydrogen-bond acceptors (Lipinski definition) is 5. The predicted octanol–water partition coefficient (Wildman–Crippen LogP) is 3.28. The minimum Gasteiger partial charge on any atom is -0.467 e. The molecule has 1 aliphatic heterocycles. The first-order valence-electron chi connectivity index (χ1n) is 8.36. The minimum absolute atomic E-state index is 0.280. The molecule has 0 saturated heterocycles. The largest absolute Gasteiger partial charge is 0.467 e. The lowest BCUT2D eigenvalue weighted by molar-refractivity contribution is -0.141. The number of fused-ring (bicyclic) bond motifs is 1. The lowest BCUT2D eigenvalue weighted by Gasteiger charge is -2.33. The Morgan fingerprint density at radius 2 is 2.07 bits per heavy atom. The van der Waals surface area contributed by atoms with E-state index in [4.69, 9.17) is 33.7 Å². The van der Waals surface area contributed by atoms with Crippen molar-refractivity contribution in [2.24, 2.45) is 5.73 Å². The van der Waals surface area contributed by atoms with Crippen molar-refractivity contribution in [3.05, 3.63) is 63.1 Å². The average Bonchev–Trinajstić information content (AvgIpc) is 2.66. The highest BCUT2D eigenvalue weighted by atomic mass is 35.5. The van der Waals surface area contributed by atoms with E-state index >= 15 is 0 Å². The fourth-order valence-electron chi connectivity index (χ4n) is 3.17. The van der Waals surface area contributed by atoms with Gasteiger partial charge in [0.2, 0.25) is 0 Å². The number of esters is 1. The zero-order valence-corrected chi connectivity index (χ0v) is 16.1. The van der Waals surface area contributed by atoms with Crippen molar-refractivity contribution in [1.29, 1.82) is 0 Å². The monoisotopic (exact) mass is 407 g/mol. The van der Waals surface area contributed by atoms with Crippen molar-refractivity contribution in [2.45, 2.75) is 25.0 Å². The van der Waals surface area contributed by atoms with Gasteiger partial charge in [0.25, 0.3) is 5.91 Å². The predicted molar refractivity (Wildman–Crippen MR) is 105 cm³/mol. The SMILES string of the molecule is COC(=O)C1CC(NC(=O)c2cccc(CN)c2)c2c(Cl)cc(Cl)cc2N1. The molecule has 2 atom stereocenters. The third-order valence-corrected chi connectivity index (χ3v) is 4.99. The smallest absolute Gasteiger partial charge is 0.328 e. The van der Waals surface area contributed by atoms with Crippen LogP contribution in [0, 0.1) is 0 Å². The molecule has 142 valence electrons. The Hall–Kier alpha value is -2.28. The van der Waals surface area contributed by atoms with Gasteiger partial charge in [-0.1, -0.05) is 35.3 Å². The van der Waals surface area contributed by atoms with Crippen LogP contribution in [0.5, 0.6) is 0 Å². The van der Waals surface area contributed by atoms with Crippen molar-refractivity contribution in [1.82, 2.24) is 5.32 Å². The molecule has 2 unspecified atom stereocenters. The van der Waals surface area contributed by atoms with Gasteiger partial charge in [-0.05, 0) is 29.8 Å². The maximum atomic E-state index is 12.8. The summed E-state index contributed by atoms with van der Waals surface area (Å²) < 4.78 is 4.84. The zero-order chi connectivity index (χ0) is 19.6. The quantitative estimate of drug-likeness (QED) is 0.676. The molecule has 4 N–H and O–H groups in total. The highest BCUT2D eigenvalue weighted by Gasteiger charge is 2.34. The Kier molecular flexibility index (Phi) is 5.89. The molecular formula is C19H19Cl2N3O3. The van der Waals surface area contributed by atoms with E-state index in [0.717, 1.165) is 5.56 Å². The van der Waals surface area contributed by atoms with Crippen LogP contribution < -0.4 is 16.4 Å². The molecule has 0 bridgehead atoms. The lowest BCUT2D eigenvalue weighted by atomic mass is 9.92. The number of rotatable bonds is 4. The Morgan fingerprint density at radius 1 is 1.30 bits per heavy atom. The van der Waals surface area contributed by atoms with Gasteiger partial charge in [0.1, 0.15) is 6.04 Å². The van der Waals surface area contributed by atoms with Gasteiger partial charge in [0.15, 0.2) is 0 Å². The summed E-state index contributed by atoms with van der Waals surface area (Å²) in [5, 5.41) is 6.88. The molecule has 1 aliphatic rings. The van der Waals surface area contributed by atoms with Crippen LogP contribution in [-0.4, -0.2) is 25.0 Å². The van der Waals surface area contributed by atoms with Gasteiger partial charge in [-0.3, -0.25) is 4.79 Å². The highest BCUT2D eigenvalue weighted by molar-refractivity contribution is 6.35. The van der Waals surface area contributed by atoms with Crippen LogP contribution in [0.15, 0.2) is 36.4 Å². The van der Waals surface area contributed by atoms with E-state index in [2.05, 4.69) is 10.6 Å². The second-order valence-corrected chi connectivity index (χ2v) is 7.08. The van der Waals surface area contributed by atoms with Gasteiger partial charge >= 0.3 is 5.97 Å². The number of nitrogens with two attached hydrogens (primary N) is 1. The van der Waals surface area contributed by atoms with Crippen LogP contribution in [0.3, 0.4) is 0 Å². The summed E-state index contributed by atoms with van der Waals surface area (Å²) in [6.07, 6.45) is 0.295. The second-order valence-electron chi connectivity index (χ2n) is 6.24. The lowest BCUT2D eigenvalue weighted by Crippen LogP contribution is -2.41. The number of carbonyl (C=O) groups is 2. The number of carbonyl (C=O) groups excluding carboxylic acids is 2. The first-order valence-corrected chi connectivity index (χ1v) is 9.11. The molecule has 1 heterocycles. The van der Waals surface area contributed by atoms with E-state index in [0.29, 0.717) is 39.8 Å². The summed E-state index contributed by atoms with van der Waals surface area (Å²) in [6.45, 7) is 0.339. The van der Waals surface area contributed by atoms with Gasteiger partial charge in [-0.2, -0.15) is 0 Å². The summed E-state index contributed by atoms with van der Waals surface area (Å²) >= 11 is 12.5. The maximum absolute atomic E-state index is 12.8. The first-order chi connectivity index (χ1) is 12.9.